The first-order chi connectivity index (χ1) is 6.47. The molecule has 1 rings (SSSR count). The molecule has 1 unspecified atom stereocenters. The van der Waals surface area contributed by atoms with Crippen LogP contribution in [0, 0.1) is 0 Å². The Balaban J connectivity index is 3.12. The Bertz CT molecular complexity index is 347. The quantitative estimate of drug-likeness (QED) is 0.769. The fraction of sp³-hybridized carbons (Fsp3) is 0.545. The Hall–Kier alpha value is -0.700. The van der Waals surface area contributed by atoms with Gasteiger partial charge in [0, 0.05) is 18.6 Å². The van der Waals surface area contributed by atoms with Crippen molar-refractivity contribution >= 4 is 10.8 Å². The van der Waals surface area contributed by atoms with Gasteiger partial charge in [0.2, 0.25) is 0 Å². The Morgan fingerprint density at radius 3 is 2.57 bits per heavy atom. The normalized spacial score (nSPS) is 14.0. The summed E-state index contributed by atoms with van der Waals surface area (Å²) in [6, 6.07) is 1.99. The summed E-state index contributed by atoms with van der Waals surface area (Å²) in [5, 5.41) is 0. The average Bonchev–Trinajstić information content (AvgIpc) is 2.18. The van der Waals surface area contributed by atoms with Gasteiger partial charge in [-0.1, -0.05) is 20.8 Å². The van der Waals surface area contributed by atoms with Gasteiger partial charge in [-0.2, -0.15) is 0 Å². The van der Waals surface area contributed by atoms with E-state index >= 15 is 0 Å². The van der Waals surface area contributed by atoms with E-state index in [1.54, 1.807) is 12.5 Å². The second-order valence-electron chi connectivity index (χ2n) is 4.10. The lowest BCUT2D eigenvalue weighted by molar-refractivity contribution is 0.503. The molecule has 3 heteroatoms. The third-order valence-corrected chi connectivity index (χ3v) is 3.60. The van der Waals surface area contributed by atoms with Crippen LogP contribution in [-0.4, -0.2) is 15.4 Å². The lowest BCUT2D eigenvalue weighted by Crippen LogP contribution is -2.16. The third-order valence-electron chi connectivity index (χ3n) is 2.71. The van der Waals surface area contributed by atoms with Crippen molar-refractivity contribution in [1.82, 2.24) is 4.98 Å². The Morgan fingerprint density at radius 1 is 1.43 bits per heavy atom. The van der Waals surface area contributed by atoms with Gasteiger partial charge in [0.25, 0.3) is 0 Å². The maximum Gasteiger partial charge on any atom is 0.0571 e. The standard InChI is InChI=1S/C11H17NOS/c1-5-11(2,3)9-6-10(14(4)13)8-12-7-9/h6-8H,5H2,1-4H3. The number of pyridine rings is 1. The molecule has 0 aromatic carbocycles. The molecule has 0 fully saturated rings. The summed E-state index contributed by atoms with van der Waals surface area (Å²) in [5.41, 5.74) is 1.27. The zero-order valence-electron chi connectivity index (χ0n) is 9.20. The summed E-state index contributed by atoms with van der Waals surface area (Å²) in [6.45, 7) is 6.49. The molecule has 0 bridgehead atoms. The molecule has 0 aliphatic heterocycles. The highest BCUT2D eigenvalue weighted by molar-refractivity contribution is 7.84. The van der Waals surface area contributed by atoms with Crippen molar-refractivity contribution in [3.05, 3.63) is 24.0 Å². The van der Waals surface area contributed by atoms with Crippen LogP contribution in [0.25, 0.3) is 0 Å². The summed E-state index contributed by atoms with van der Waals surface area (Å²) in [5.74, 6) is 0. The molecule has 0 radical (unpaired) electrons. The van der Waals surface area contributed by atoms with E-state index in [9.17, 15) is 4.21 Å². The van der Waals surface area contributed by atoms with E-state index in [4.69, 9.17) is 0 Å². The maximum atomic E-state index is 11.3. The molecule has 0 spiro atoms. The van der Waals surface area contributed by atoms with Gasteiger partial charge in [-0.3, -0.25) is 9.19 Å². The number of hydrogen-bond donors (Lipinski definition) is 0. The first kappa shape index (κ1) is 11.4. The molecule has 2 nitrogen and oxygen atoms in total. The highest BCUT2D eigenvalue weighted by Gasteiger charge is 2.18. The molecular weight excluding hydrogens is 194 g/mol. The zero-order valence-corrected chi connectivity index (χ0v) is 10.0. The largest absolute Gasteiger partial charge is 0.263 e. The maximum absolute atomic E-state index is 11.3. The van der Waals surface area contributed by atoms with Gasteiger partial charge >= 0.3 is 0 Å². The van der Waals surface area contributed by atoms with Crippen LogP contribution < -0.4 is 0 Å². The van der Waals surface area contributed by atoms with Gasteiger partial charge < -0.3 is 0 Å². The van der Waals surface area contributed by atoms with E-state index in [1.807, 2.05) is 12.3 Å². The Kier molecular flexibility index (Phi) is 3.43. The lowest BCUT2D eigenvalue weighted by atomic mass is 9.83. The van der Waals surface area contributed by atoms with Crippen LogP contribution >= 0.6 is 0 Å². The summed E-state index contributed by atoms with van der Waals surface area (Å²) >= 11 is 0. The van der Waals surface area contributed by atoms with E-state index in [0.29, 0.717) is 0 Å². The van der Waals surface area contributed by atoms with E-state index < -0.39 is 10.8 Å². The van der Waals surface area contributed by atoms with Crippen LogP contribution in [0.15, 0.2) is 23.4 Å². The lowest BCUT2D eigenvalue weighted by Gasteiger charge is -2.22. The number of aromatic nitrogens is 1. The van der Waals surface area contributed by atoms with Crippen LogP contribution in [0.5, 0.6) is 0 Å². The predicted octanol–water partition coefficient (Wildman–Crippen LogP) is 2.51. The zero-order chi connectivity index (χ0) is 10.8. The molecule has 1 aromatic heterocycles. The fourth-order valence-electron chi connectivity index (χ4n) is 1.15. The van der Waals surface area contributed by atoms with Crippen molar-refractivity contribution < 1.29 is 4.21 Å². The number of nitrogens with zero attached hydrogens (tertiary/aromatic N) is 1. The number of hydrogen-bond acceptors (Lipinski definition) is 2. The molecule has 1 heterocycles. The summed E-state index contributed by atoms with van der Waals surface area (Å²) in [4.78, 5) is 4.94. The Labute approximate surface area is 88.2 Å². The molecule has 0 N–H and O–H groups in total. The van der Waals surface area contributed by atoms with Gasteiger partial charge in [-0.05, 0) is 23.5 Å². The molecule has 78 valence electrons. The summed E-state index contributed by atoms with van der Waals surface area (Å²) in [7, 11) is -0.939. The van der Waals surface area contributed by atoms with Crippen LogP contribution in [0.3, 0.4) is 0 Å². The van der Waals surface area contributed by atoms with Crippen molar-refractivity contribution in [2.24, 2.45) is 0 Å². The van der Waals surface area contributed by atoms with Gasteiger partial charge in [-0.15, -0.1) is 0 Å². The molecule has 1 aromatic rings. The number of rotatable bonds is 3. The summed E-state index contributed by atoms with van der Waals surface area (Å²) in [6.07, 6.45) is 6.26. The van der Waals surface area contributed by atoms with Gasteiger partial charge in [-0.25, -0.2) is 0 Å². The molecule has 0 saturated carbocycles. The molecular formula is C11H17NOS. The highest BCUT2D eigenvalue weighted by Crippen LogP contribution is 2.26. The molecule has 0 amide bonds. The predicted molar refractivity (Wildman–Crippen MR) is 59.9 cm³/mol. The van der Waals surface area contributed by atoms with Gasteiger partial charge in [0.05, 0.1) is 15.7 Å². The van der Waals surface area contributed by atoms with Crippen molar-refractivity contribution in [1.29, 1.82) is 0 Å². The minimum absolute atomic E-state index is 0.113. The average molecular weight is 211 g/mol. The SMILES string of the molecule is CCC(C)(C)c1cncc(S(C)=O)c1. The minimum atomic E-state index is -0.939. The van der Waals surface area contributed by atoms with Crippen molar-refractivity contribution in [3.8, 4) is 0 Å². The second kappa shape index (κ2) is 4.22. The molecule has 1 atom stereocenters. The van der Waals surface area contributed by atoms with E-state index in [1.165, 1.54) is 0 Å². The van der Waals surface area contributed by atoms with Crippen molar-refractivity contribution in [2.45, 2.75) is 37.5 Å². The molecule has 0 saturated heterocycles. The first-order valence-electron chi connectivity index (χ1n) is 4.76. The smallest absolute Gasteiger partial charge is 0.0571 e. The topological polar surface area (TPSA) is 30.0 Å². The van der Waals surface area contributed by atoms with E-state index in [2.05, 4.69) is 25.8 Å². The van der Waals surface area contributed by atoms with E-state index in [0.717, 1.165) is 16.9 Å². The molecule has 0 aliphatic rings. The van der Waals surface area contributed by atoms with Gasteiger partial charge in [0.15, 0.2) is 0 Å². The van der Waals surface area contributed by atoms with Crippen LogP contribution in [0.2, 0.25) is 0 Å². The first-order valence-corrected chi connectivity index (χ1v) is 6.32. The van der Waals surface area contributed by atoms with Crippen LogP contribution in [0.4, 0.5) is 0 Å². The summed E-state index contributed by atoms with van der Waals surface area (Å²) < 4.78 is 11.3. The van der Waals surface area contributed by atoms with Crippen LogP contribution in [-0.2, 0) is 16.2 Å². The second-order valence-corrected chi connectivity index (χ2v) is 5.48. The van der Waals surface area contributed by atoms with Crippen molar-refractivity contribution in [3.63, 3.8) is 0 Å². The monoisotopic (exact) mass is 211 g/mol. The molecule has 0 aliphatic carbocycles. The minimum Gasteiger partial charge on any atom is -0.263 e. The van der Waals surface area contributed by atoms with E-state index in [-0.39, 0.29) is 5.41 Å². The Morgan fingerprint density at radius 2 is 2.07 bits per heavy atom. The molecule has 14 heavy (non-hydrogen) atoms. The highest BCUT2D eigenvalue weighted by atomic mass is 32.2. The van der Waals surface area contributed by atoms with Crippen LogP contribution in [0.1, 0.15) is 32.8 Å². The third kappa shape index (κ3) is 2.41. The van der Waals surface area contributed by atoms with Gasteiger partial charge in [0.1, 0.15) is 0 Å². The fourth-order valence-corrected chi connectivity index (χ4v) is 1.65. The van der Waals surface area contributed by atoms with Crippen molar-refractivity contribution in [2.75, 3.05) is 6.26 Å².